The van der Waals surface area contributed by atoms with Gasteiger partial charge in [0.05, 0.1) is 6.21 Å². The highest BCUT2D eigenvalue weighted by Gasteiger charge is 2.08. The number of thiocarbonyl (C=S) groups is 1. The summed E-state index contributed by atoms with van der Waals surface area (Å²) >= 11 is 4.55. The van der Waals surface area contributed by atoms with Crippen molar-refractivity contribution in [2.24, 2.45) is 21.7 Å². The second kappa shape index (κ2) is 4.53. The molecule has 1 heterocycles. The van der Waals surface area contributed by atoms with Gasteiger partial charge >= 0.3 is 0 Å². The van der Waals surface area contributed by atoms with Crippen LogP contribution in [0.1, 0.15) is 0 Å². The van der Waals surface area contributed by atoms with Crippen LogP contribution in [-0.2, 0) is 0 Å². The van der Waals surface area contributed by atoms with Gasteiger partial charge in [0.15, 0.2) is 11.3 Å². The van der Waals surface area contributed by atoms with Gasteiger partial charge in [-0.05, 0) is 18.3 Å². The van der Waals surface area contributed by atoms with Crippen molar-refractivity contribution in [3.05, 3.63) is 12.3 Å². The van der Waals surface area contributed by atoms with Crippen LogP contribution in [-0.4, -0.2) is 28.7 Å². The van der Waals surface area contributed by atoms with E-state index in [9.17, 15) is 0 Å². The molecule has 0 radical (unpaired) electrons. The van der Waals surface area contributed by atoms with Gasteiger partial charge in [-0.25, -0.2) is 5.84 Å². The summed E-state index contributed by atoms with van der Waals surface area (Å²) in [5.41, 5.74) is 7.56. The minimum atomic E-state index is -0.313. The van der Waals surface area contributed by atoms with Crippen LogP contribution in [0.2, 0.25) is 0 Å². The topological polar surface area (TPSA) is 92.0 Å². The molecule has 70 valence electrons. The van der Waals surface area contributed by atoms with Crippen molar-refractivity contribution < 1.29 is 0 Å². The van der Waals surface area contributed by atoms with E-state index in [0.29, 0.717) is 0 Å². The molecule has 7 heteroatoms. The monoisotopic (exact) mass is 198 g/mol. The summed E-state index contributed by atoms with van der Waals surface area (Å²) in [6.07, 6.45) is 6.24. The molecular formula is C6H10N6S. The van der Waals surface area contributed by atoms with Crippen LogP contribution in [0.15, 0.2) is 22.4 Å². The van der Waals surface area contributed by atoms with E-state index in [-0.39, 0.29) is 11.3 Å². The fraction of sp³-hybridized carbons (Fsp3) is 0.167. The van der Waals surface area contributed by atoms with Gasteiger partial charge in [-0.2, -0.15) is 5.10 Å². The molecule has 1 aliphatic rings. The number of rotatable bonds is 2. The first-order valence-electron chi connectivity index (χ1n) is 3.52. The van der Waals surface area contributed by atoms with E-state index in [2.05, 4.69) is 27.7 Å². The summed E-state index contributed by atoms with van der Waals surface area (Å²) in [7, 11) is 0. The third-order valence-electron chi connectivity index (χ3n) is 1.27. The number of aliphatic imine (C=N–C) groups is 1. The second-order valence-corrected chi connectivity index (χ2v) is 2.69. The maximum Gasteiger partial charge on any atom is 0.184 e. The van der Waals surface area contributed by atoms with E-state index in [1.807, 2.05) is 0 Å². The highest BCUT2D eigenvalue weighted by atomic mass is 32.1. The molecule has 0 fully saturated rings. The zero-order chi connectivity index (χ0) is 9.68. The van der Waals surface area contributed by atoms with Crippen molar-refractivity contribution >= 4 is 29.8 Å². The van der Waals surface area contributed by atoms with Gasteiger partial charge in [0, 0.05) is 12.4 Å². The van der Waals surface area contributed by atoms with Crippen molar-refractivity contribution in [2.75, 3.05) is 0 Å². The Kier molecular flexibility index (Phi) is 3.35. The Hall–Kier alpha value is -1.47. The first-order valence-corrected chi connectivity index (χ1v) is 3.92. The highest BCUT2D eigenvalue weighted by molar-refractivity contribution is 7.80. The molecule has 0 saturated carbocycles. The fourth-order valence-electron chi connectivity index (χ4n) is 0.724. The third-order valence-corrected chi connectivity index (χ3v) is 1.36. The van der Waals surface area contributed by atoms with Crippen molar-refractivity contribution in [1.29, 1.82) is 0 Å². The number of hydrazone groups is 1. The first-order chi connectivity index (χ1) is 6.20. The summed E-state index contributed by atoms with van der Waals surface area (Å²) in [6.45, 7) is 0. The summed E-state index contributed by atoms with van der Waals surface area (Å²) in [5.74, 6) is 5.55. The zero-order valence-electron chi connectivity index (χ0n) is 6.79. The quantitative estimate of drug-likeness (QED) is 0.227. The maximum absolute atomic E-state index is 5.55. The van der Waals surface area contributed by atoms with E-state index >= 15 is 0 Å². The number of hydrogen-bond acceptors (Lipinski definition) is 5. The Labute approximate surface area is 80.9 Å². The average molecular weight is 198 g/mol. The van der Waals surface area contributed by atoms with E-state index < -0.39 is 0 Å². The van der Waals surface area contributed by atoms with Crippen molar-refractivity contribution in [2.45, 2.75) is 6.17 Å². The predicted octanol–water partition coefficient (Wildman–Crippen LogP) is -1.09. The Morgan fingerprint density at radius 3 is 3.15 bits per heavy atom. The Bertz CT molecular complexity index is 270. The largest absolute Gasteiger partial charge is 0.375 e. The summed E-state index contributed by atoms with van der Waals surface area (Å²) in [4.78, 5) is 4.02. The van der Waals surface area contributed by atoms with Gasteiger partial charge in [-0.3, -0.25) is 15.4 Å². The summed E-state index contributed by atoms with van der Waals surface area (Å²) < 4.78 is 0. The zero-order valence-corrected chi connectivity index (χ0v) is 7.61. The van der Waals surface area contributed by atoms with Crippen LogP contribution in [0.4, 0.5) is 0 Å². The van der Waals surface area contributed by atoms with E-state index in [1.54, 1.807) is 18.5 Å². The lowest BCUT2D eigenvalue weighted by atomic mass is 10.4. The lowest BCUT2D eigenvalue weighted by Crippen LogP contribution is -2.38. The number of hydrazine groups is 1. The van der Waals surface area contributed by atoms with Crippen molar-refractivity contribution in [3.63, 3.8) is 0 Å². The molecule has 0 aromatic carbocycles. The van der Waals surface area contributed by atoms with Crippen LogP contribution in [0, 0.1) is 0 Å². The Morgan fingerprint density at radius 1 is 1.77 bits per heavy atom. The normalized spacial score (nSPS) is 21.0. The number of nitrogens with two attached hydrogens (primary N) is 2. The lowest BCUT2D eigenvalue weighted by molar-refractivity contribution is 0.358. The summed E-state index contributed by atoms with van der Waals surface area (Å²) in [5, 5.41) is 5.25. The van der Waals surface area contributed by atoms with Crippen molar-refractivity contribution in [1.82, 2.24) is 10.4 Å². The fourth-order valence-corrected chi connectivity index (χ4v) is 0.777. The van der Waals surface area contributed by atoms with Gasteiger partial charge < -0.3 is 5.73 Å². The van der Waals surface area contributed by atoms with Gasteiger partial charge in [0.2, 0.25) is 0 Å². The number of nitrogens with one attached hydrogen (secondary N) is 1. The van der Waals surface area contributed by atoms with E-state index in [1.165, 1.54) is 11.2 Å². The molecule has 1 atom stereocenters. The van der Waals surface area contributed by atoms with Crippen LogP contribution in [0.3, 0.4) is 0 Å². The second-order valence-electron chi connectivity index (χ2n) is 2.25. The number of hydrogen-bond donors (Lipinski definition) is 3. The number of nitrogens with zero attached hydrogens (tertiary/aromatic N) is 3. The van der Waals surface area contributed by atoms with Crippen molar-refractivity contribution in [3.8, 4) is 0 Å². The molecular weight excluding hydrogens is 188 g/mol. The molecule has 5 N–H and O–H groups in total. The molecule has 0 bridgehead atoms. The van der Waals surface area contributed by atoms with Gasteiger partial charge in [0.1, 0.15) is 0 Å². The summed E-state index contributed by atoms with van der Waals surface area (Å²) in [6, 6.07) is 0. The maximum atomic E-state index is 5.55. The van der Waals surface area contributed by atoms with E-state index in [0.717, 1.165) is 0 Å². The molecule has 0 aromatic heterocycles. The molecule has 1 unspecified atom stereocenters. The molecule has 13 heavy (non-hydrogen) atoms. The van der Waals surface area contributed by atoms with Gasteiger partial charge in [-0.1, -0.05) is 0 Å². The molecule has 0 spiro atoms. The van der Waals surface area contributed by atoms with Crippen LogP contribution >= 0.6 is 12.2 Å². The third kappa shape index (κ3) is 3.18. The van der Waals surface area contributed by atoms with Gasteiger partial charge in [0.25, 0.3) is 0 Å². The Balaban J connectivity index is 2.44. The molecule has 0 saturated heterocycles. The smallest absolute Gasteiger partial charge is 0.184 e. The molecule has 0 aliphatic carbocycles. The van der Waals surface area contributed by atoms with Gasteiger partial charge in [-0.15, -0.1) is 0 Å². The molecule has 1 aliphatic heterocycles. The van der Waals surface area contributed by atoms with Crippen LogP contribution < -0.4 is 17.0 Å². The SMILES string of the molecule is NC(=S)NN=CC1N=CC=CN1N. The highest BCUT2D eigenvalue weighted by Crippen LogP contribution is 1.97. The Morgan fingerprint density at radius 2 is 2.54 bits per heavy atom. The van der Waals surface area contributed by atoms with Crippen LogP contribution in [0.25, 0.3) is 0 Å². The molecule has 1 rings (SSSR count). The molecule has 6 nitrogen and oxygen atoms in total. The van der Waals surface area contributed by atoms with E-state index in [4.69, 9.17) is 11.6 Å². The number of allylic oxidation sites excluding steroid dienone is 1. The minimum absolute atomic E-state index is 0.107. The minimum Gasteiger partial charge on any atom is -0.375 e. The average Bonchev–Trinajstić information content (AvgIpc) is 2.08. The predicted molar refractivity (Wildman–Crippen MR) is 55.9 cm³/mol. The molecule has 0 aromatic rings. The molecule has 0 amide bonds. The first kappa shape index (κ1) is 9.62. The van der Waals surface area contributed by atoms with Crippen LogP contribution in [0.5, 0.6) is 0 Å². The lowest BCUT2D eigenvalue weighted by Gasteiger charge is -2.20. The standard InChI is InChI=1S/C6H10N6S/c7-6(13)11-10-4-5-9-2-1-3-12(5)8/h1-5H,8H2,(H3,7,11,13).